The van der Waals surface area contributed by atoms with Crippen LogP contribution < -0.4 is 11.5 Å². The lowest BCUT2D eigenvalue weighted by atomic mass is 9.96. The quantitative estimate of drug-likeness (QED) is 0.287. The van der Waals surface area contributed by atoms with Gasteiger partial charge < -0.3 is 31.5 Å². The van der Waals surface area contributed by atoms with Crippen molar-refractivity contribution in [3.05, 3.63) is 0 Å². The van der Waals surface area contributed by atoms with Crippen molar-refractivity contribution in [1.29, 1.82) is 0 Å². The van der Waals surface area contributed by atoms with Crippen LogP contribution in [-0.2, 0) is 4.74 Å². The van der Waals surface area contributed by atoms with Crippen molar-refractivity contribution in [1.82, 2.24) is 0 Å². The Bertz CT molecular complexity index is 152. The van der Waals surface area contributed by atoms with Gasteiger partial charge in [-0.25, -0.2) is 0 Å². The molecule has 1 heterocycles. The molecule has 1 aliphatic heterocycles. The van der Waals surface area contributed by atoms with Gasteiger partial charge in [-0.05, 0) is 0 Å². The predicted molar refractivity (Wildman–Crippen MR) is 39.9 cm³/mol. The largest absolute Gasteiger partial charge is 0.394 e. The molecule has 0 saturated carbocycles. The molecule has 0 aromatic carbocycles. The highest BCUT2D eigenvalue weighted by Crippen LogP contribution is 2.16. The summed E-state index contributed by atoms with van der Waals surface area (Å²) in [7, 11) is 0. The van der Waals surface area contributed by atoms with Crippen molar-refractivity contribution < 1.29 is 20.1 Å². The number of aliphatic hydroxyl groups is 3. The van der Waals surface area contributed by atoms with Crippen molar-refractivity contribution in [3.8, 4) is 0 Å². The van der Waals surface area contributed by atoms with Crippen LogP contribution in [0.1, 0.15) is 0 Å². The average molecular weight is 178 g/mol. The first-order chi connectivity index (χ1) is 5.57. The molecule has 72 valence electrons. The summed E-state index contributed by atoms with van der Waals surface area (Å²) in [4.78, 5) is 0. The number of rotatable bonds is 1. The molecule has 0 bridgehead atoms. The van der Waals surface area contributed by atoms with Crippen LogP contribution in [0.15, 0.2) is 0 Å². The highest BCUT2D eigenvalue weighted by molar-refractivity contribution is 4.93. The first-order valence-electron chi connectivity index (χ1n) is 3.71. The van der Waals surface area contributed by atoms with Crippen molar-refractivity contribution >= 4 is 0 Å². The molecule has 0 aliphatic carbocycles. The van der Waals surface area contributed by atoms with Crippen LogP contribution in [0.3, 0.4) is 0 Å². The smallest absolute Gasteiger partial charge is 0.171 e. The van der Waals surface area contributed by atoms with E-state index < -0.39 is 37.2 Å². The summed E-state index contributed by atoms with van der Waals surface area (Å²) in [5.41, 5.74) is 10.8. The van der Waals surface area contributed by atoms with E-state index in [0.717, 1.165) is 0 Å². The standard InChI is InChI=1S/C6H14N2O4/c7-3-4(8)6(11)12-2(1-9)5(3)10/h2-6,9-11H,1,7-8H2/t2-,3-,4-,5?,6?/m1/s1. The molecule has 7 N–H and O–H groups in total. The average Bonchev–Trinajstić information content (AvgIpc) is 2.08. The Kier molecular flexibility index (Phi) is 2.99. The van der Waals surface area contributed by atoms with Crippen LogP contribution in [0.2, 0.25) is 0 Å². The van der Waals surface area contributed by atoms with Crippen LogP contribution in [0, 0.1) is 0 Å². The molecule has 0 radical (unpaired) electrons. The highest BCUT2D eigenvalue weighted by atomic mass is 16.6. The Morgan fingerprint density at radius 1 is 1.17 bits per heavy atom. The zero-order valence-corrected chi connectivity index (χ0v) is 6.50. The van der Waals surface area contributed by atoms with Gasteiger partial charge in [0.05, 0.1) is 24.8 Å². The molecule has 1 rings (SSSR count). The van der Waals surface area contributed by atoms with E-state index in [2.05, 4.69) is 0 Å². The minimum atomic E-state index is -1.22. The molecule has 6 nitrogen and oxygen atoms in total. The maximum absolute atomic E-state index is 9.32. The maximum atomic E-state index is 9.32. The highest BCUT2D eigenvalue weighted by Gasteiger charge is 2.40. The van der Waals surface area contributed by atoms with Crippen molar-refractivity contribution in [2.24, 2.45) is 11.5 Å². The van der Waals surface area contributed by atoms with Gasteiger partial charge in [0, 0.05) is 0 Å². The summed E-state index contributed by atoms with van der Waals surface area (Å²) in [6, 6.07) is -1.59. The number of hydrogen-bond acceptors (Lipinski definition) is 6. The minimum absolute atomic E-state index is 0.390. The second kappa shape index (κ2) is 3.65. The molecular formula is C6H14N2O4. The number of ether oxygens (including phenoxy) is 1. The van der Waals surface area contributed by atoms with Gasteiger partial charge in [-0.2, -0.15) is 0 Å². The third-order valence-corrected chi connectivity index (χ3v) is 2.04. The fourth-order valence-electron chi connectivity index (χ4n) is 1.17. The van der Waals surface area contributed by atoms with Crippen molar-refractivity contribution in [2.45, 2.75) is 30.6 Å². The van der Waals surface area contributed by atoms with E-state index in [1.807, 2.05) is 0 Å². The van der Waals surface area contributed by atoms with Gasteiger partial charge in [-0.15, -0.1) is 0 Å². The summed E-state index contributed by atoms with van der Waals surface area (Å²) >= 11 is 0. The minimum Gasteiger partial charge on any atom is -0.394 e. The lowest BCUT2D eigenvalue weighted by Gasteiger charge is -2.38. The summed E-state index contributed by atoms with van der Waals surface area (Å²) in [5.74, 6) is 0. The molecule has 0 aromatic rings. The van der Waals surface area contributed by atoms with E-state index in [0.29, 0.717) is 0 Å². The second-order valence-electron chi connectivity index (χ2n) is 2.89. The number of aliphatic hydroxyl groups excluding tert-OH is 3. The first kappa shape index (κ1) is 9.85. The lowest BCUT2D eigenvalue weighted by Crippen LogP contribution is -2.65. The fraction of sp³-hybridized carbons (Fsp3) is 1.00. The van der Waals surface area contributed by atoms with Crippen LogP contribution in [0.4, 0.5) is 0 Å². The Labute approximate surface area is 69.7 Å². The predicted octanol–water partition coefficient (Wildman–Crippen LogP) is -3.29. The molecule has 0 amide bonds. The van der Waals surface area contributed by atoms with Crippen LogP contribution >= 0.6 is 0 Å². The Hall–Kier alpha value is -0.240. The zero-order chi connectivity index (χ0) is 9.30. The molecule has 0 spiro atoms. The third kappa shape index (κ3) is 1.58. The summed E-state index contributed by atoms with van der Waals surface area (Å²) in [5, 5.41) is 27.1. The Morgan fingerprint density at radius 3 is 2.25 bits per heavy atom. The Balaban J connectivity index is 2.63. The van der Waals surface area contributed by atoms with Crippen LogP contribution in [0.25, 0.3) is 0 Å². The van der Waals surface area contributed by atoms with E-state index in [-0.39, 0.29) is 0 Å². The van der Waals surface area contributed by atoms with Crippen LogP contribution in [0.5, 0.6) is 0 Å². The molecule has 1 fully saturated rings. The van der Waals surface area contributed by atoms with Crippen molar-refractivity contribution in [2.75, 3.05) is 6.61 Å². The van der Waals surface area contributed by atoms with E-state index in [9.17, 15) is 5.11 Å². The normalized spacial score (nSPS) is 49.2. The molecule has 1 aliphatic rings. The maximum Gasteiger partial charge on any atom is 0.171 e. The molecule has 0 aromatic heterocycles. The van der Waals surface area contributed by atoms with Gasteiger partial charge in [0.1, 0.15) is 6.10 Å². The van der Waals surface area contributed by atoms with Gasteiger partial charge >= 0.3 is 0 Å². The number of hydrogen-bond donors (Lipinski definition) is 5. The summed E-state index contributed by atoms with van der Waals surface area (Å²) < 4.78 is 4.78. The van der Waals surface area contributed by atoms with Gasteiger partial charge in [0.25, 0.3) is 0 Å². The van der Waals surface area contributed by atoms with E-state index in [1.54, 1.807) is 0 Å². The third-order valence-electron chi connectivity index (χ3n) is 2.04. The lowest BCUT2D eigenvalue weighted by molar-refractivity contribution is -0.221. The molecular weight excluding hydrogens is 164 g/mol. The van der Waals surface area contributed by atoms with Gasteiger partial charge in [-0.3, -0.25) is 0 Å². The second-order valence-corrected chi connectivity index (χ2v) is 2.89. The number of nitrogens with two attached hydrogens (primary N) is 2. The van der Waals surface area contributed by atoms with Gasteiger partial charge in [0.15, 0.2) is 6.29 Å². The SMILES string of the molecule is N[C@H]1C(O)O[C@H](CO)C(O)[C@@H]1N. The summed E-state index contributed by atoms with van der Waals surface area (Å²) in [6.45, 7) is -0.390. The molecule has 1 saturated heterocycles. The Morgan fingerprint density at radius 2 is 1.75 bits per heavy atom. The first-order valence-corrected chi connectivity index (χ1v) is 3.71. The molecule has 2 unspecified atom stereocenters. The monoisotopic (exact) mass is 178 g/mol. The molecule has 12 heavy (non-hydrogen) atoms. The van der Waals surface area contributed by atoms with E-state index in [1.165, 1.54) is 0 Å². The fourth-order valence-corrected chi connectivity index (χ4v) is 1.17. The van der Waals surface area contributed by atoms with E-state index >= 15 is 0 Å². The van der Waals surface area contributed by atoms with Gasteiger partial charge in [0.2, 0.25) is 0 Å². The summed E-state index contributed by atoms with van der Waals surface area (Å²) in [6.07, 6.45) is -3.11. The zero-order valence-electron chi connectivity index (χ0n) is 6.50. The topological polar surface area (TPSA) is 122 Å². The molecule has 5 atom stereocenters. The van der Waals surface area contributed by atoms with E-state index in [4.69, 9.17) is 26.4 Å². The van der Waals surface area contributed by atoms with Crippen LogP contribution in [-0.4, -0.2) is 52.5 Å². The molecule has 6 heteroatoms. The van der Waals surface area contributed by atoms with Crippen molar-refractivity contribution in [3.63, 3.8) is 0 Å². The van der Waals surface area contributed by atoms with Gasteiger partial charge in [-0.1, -0.05) is 0 Å².